The molecule has 0 amide bonds. The highest BCUT2D eigenvalue weighted by molar-refractivity contribution is 7.19. The van der Waals surface area contributed by atoms with Gasteiger partial charge in [-0.1, -0.05) is 24.3 Å². The lowest BCUT2D eigenvalue weighted by Gasteiger charge is -2.14. The molecule has 3 rings (SSSR count). The number of hydrogen-bond donors (Lipinski definition) is 1. The maximum absolute atomic E-state index is 13.3. The molecule has 1 atom stereocenters. The molecular weight excluding hydrogens is 269 g/mol. The van der Waals surface area contributed by atoms with Crippen LogP contribution in [0, 0.1) is 19.7 Å². The topological polar surface area (TPSA) is 26.0 Å². The fourth-order valence-corrected chi connectivity index (χ4v) is 3.55. The van der Waals surface area contributed by atoms with Gasteiger partial charge < -0.3 is 5.73 Å². The number of fused-ring (bicyclic) bond motifs is 1. The first-order chi connectivity index (χ1) is 9.56. The minimum atomic E-state index is -0.203. The monoisotopic (exact) mass is 285 g/mol. The number of rotatable bonds is 2. The molecule has 1 unspecified atom stereocenters. The van der Waals surface area contributed by atoms with Gasteiger partial charge in [0.2, 0.25) is 0 Å². The van der Waals surface area contributed by atoms with Gasteiger partial charge in [-0.25, -0.2) is 4.39 Å². The van der Waals surface area contributed by atoms with Crippen molar-refractivity contribution in [3.63, 3.8) is 0 Å². The van der Waals surface area contributed by atoms with Crippen LogP contribution in [-0.4, -0.2) is 0 Å². The van der Waals surface area contributed by atoms with E-state index in [1.807, 2.05) is 6.07 Å². The van der Waals surface area contributed by atoms with Gasteiger partial charge in [-0.05, 0) is 54.1 Å². The minimum Gasteiger partial charge on any atom is -0.320 e. The lowest BCUT2D eigenvalue weighted by molar-refractivity contribution is 0.630. The van der Waals surface area contributed by atoms with Crippen LogP contribution in [0.4, 0.5) is 4.39 Å². The summed E-state index contributed by atoms with van der Waals surface area (Å²) in [6, 6.07) is 13.0. The van der Waals surface area contributed by atoms with Crippen LogP contribution < -0.4 is 5.73 Å². The molecule has 0 aliphatic rings. The van der Waals surface area contributed by atoms with Gasteiger partial charge in [0.1, 0.15) is 5.82 Å². The summed E-state index contributed by atoms with van der Waals surface area (Å²) in [5, 5.41) is 1.05. The highest BCUT2D eigenvalue weighted by atomic mass is 32.1. The molecule has 0 aliphatic heterocycles. The van der Waals surface area contributed by atoms with Crippen molar-refractivity contribution < 1.29 is 4.39 Å². The second-order valence-corrected chi connectivity index (χ2v) is 6.21. The van der Waals surface area contributed by atoms with Gasteiger partial charge in [0.25, 0.3) is 0 Å². The fraction of sp³-hybridized carbons (Fsp3) is 0.176. The molecule has 0 radical (unpaired) electrons. The van der Waals surface area contributed by atoms with E-state index in [9.17, 15) is 4.39 Å². The Labute approximate surface area is 121 Å². The molecule has 1 heterocycles. The number of nitrogens with two attached hydrogens (primary N) is 1. The third-order valence-electron chi connectivity index (χ3n) is 3.79. The van der Waals surface area contributed by atoms with E-state index >= 15 is 0 Å². The lowest BCUT2D eigenvalue weighted by atomic mass is 9.97. The van der Waals surface area contributed by atoms with E-state index in [2.05, 4.69) is 32.0 Å². The molecule has 2 aromatic carbocycles. The van der Waals surface area contributed by atoms with Crippen LogP contribution in [0.25, 0.3) is 10.1 Å². The third kappa shape index (κ3) is 2.23. The highest BCUT2D eigenvalue weighted by Gasteiger charge is 2.15. The fourth-order valence-electron chi connectivity index (χ4n) is 2.44. The van der Waals surface area contributed by atoms with Crippen LogP contribution in [0.5, 0.6) is 0 Å². The van der Waals surface area contributed by atoms with Gasteiger partial charge in [0.05, 0.1) is 6.04 Å². The normalized spacial score (nSPS) is 12.8. The summed E-state index contributed by atoms with van der Waals surface area (Å²) in [6.45, 7) is 4.18. The Kier molecular flexibility index (Phi) is 3.32. The average Bonchev–Trinajstić information content (AvgIpc) is 2.84. The molecule has 0 fully saturated rings. The summed E-state index contributed by atoms with van der Waals surface area (Å²) in [5.74, 6) is -0.203. The van der Waals surface area contributed by atoms with Crippen molar-refractivity contribution in [1.82, 2.24) is 0 Å². The number of halogens is 1. The molecule has 2 N–H and O–H groups in total. The van der Waals surface area contributed by atoms with Crippen molar-refractivity contribution in [2.24, 2.45) is 5.73 Å². The van der Waals surface area contributed by atoms with Crippen molar-refractivity contribution in [3.05, 3.63) is 69.8 Å². The standard InChI is InChI=1S/C17H16FNS/c1-10-4-3-5-14(11(10)2)17(19)16-8-12-6-7-13(18)9-15(12)20-16/h3-9,17H,19H2,1-2H3. The summed E-state index contributed by atoms with van der Waals surface area (Å²) < 4.78 is 14.2. The van der Waals surface area contributed by atoms with Crippen molar-refractivity contribution in [2.75, 3.05) is 0 Å². The molecule has 102 valence electrons. The van der Waals surface area contributed by atoms with Gasteiger partial charge >= 0.3 is 0 Å². The minimum absolute atomic E-state index is 0.157. The lowest BCUT2D eigenvalue weighted by Crippen LogP contribution is -2.12. The largest absolute Gasteiger partial charge is 0.320 e. The van der Waals surface area contributed by atoms with Gasteiger partial charge in [-0.2, -0.15) is 0 Å². The predicted molar refractivity (Wildman–Crippen MR) is 83.7 cm³/mol. The van der Waals surface area contributed by atoms with E-state index < -0.39 is 0 Å². The number of aryl methyl sites for hydroxylation is 1. The summed E-state index contributed by atoms with van der Waals surface area (Å²) in [6.07, 6.45) is 0. The maximum Gasteiger partial charge on any atom is 0.124 e. The van der Waals surface area contributed by atoms with Crippen LogP contribution in [0.1, 0.15) is 27.6 Å². The second kappa shape index (κ2) is 5.00. The van der Waals surface area contributed by atoms with E-state index in [1.54, 1.807) is 23.5 Å². The van der Waals surface area contributed by atoms with Crippen LogP contribution in [0.3, 0.4) is 0 Å². The Hall–Kier alpha value is -1.71. The molecular formula is C17H16FNS. The summed E-state index contributed by atoms with van der Waals surface area (Å²) in [7, 11) is 0. The van der Waals surface area contributed by atoms with E-state index in [0.29, 0.717) is 0 Å². The molecule has 0 saturated carbocycles. The number of hydrogen-bond acceptors (Lipinski definition) is 2. The van der Waals surface area contributed by atoms with Crippen LogP contribution in [0.2, 0.25) is 0 Å². The van der Waals surface area contributed by atoms with Crippen molar-refractivity contribution >= 4 is 21.4 Å². The van der Waals surface area contributed by atoms with E-state index in [-0.39, 0.29) is 11.9 Å². The zero-order valence-corrected chi connectivity index (χ0v) is 12.3. The first-order valence-electron chi connectivity index (χ1n) is 6.57. The average molecular weight is 285 g/mol. The second-order valence-electron chi connectivity index (χ2n) is 5.10. The quantitative estimate of drug-likeness (QED) is 0.725. The van der Waals surface area contributed by atoms with E-state index in [4.69, 9.17) is 5.73 Å². The summed E-state index contributed by atoms with van der Waals surface area (Å²) in [4.78, 5) is 1.07. The first kappa shape index (κ1) is 13.3. The molecule has 0 saturated heterocycles. The van der Waals surface area contributed by atoms with Gasteiger partial charge in [0.15, 0.2) is 0 Å². The Bertz CT molecular complexity index is 776. The number of thiophene rings is 1. The highest BCUT2D eigenvalue weighted by Crippen LogP contribution is 2.33. The molecule has 0 bridgehead atoms. The van der Waals surface area contributed by atoms with Crippen LogP contribution in [0.15, 0.2) is 42.5 Å². The van der Waals surface area contributed by atoms with Gasteiger partial charge in [0, 0.05) is 9.58 Å². The van der Waals surface area contributed by atoms with Crippen LogP contribution >= 0.6 is 11.3 Å². The summed E-state index contributed by atoms with van der Waals surface area (Å²) in [5.41, 5.74) is 10.0. The third-order valence-corrected chi connectivity index (χ3v) is 4.97. The van der Waals surface area contributed by atoms with Gasteiger partial charge in [-0.3, -0.25) is 0 Å². The summed E-state index contributed by atoms with van der Waals surface area (Å²) >= 11 is 1.56. The molecule has 3 heteroatoms. The molecule has 3 aromatic rings. The van der Waals surface area contributed by atoms with E-state index in [1.165, 1.54) is 17.2 Å². The zero-order valence-electron chi connectivity index (χ0n) is 11.5. The Balaban J connectivity index is 2.08. The Morgan fingerprint density at radius 2 is 1.90 bits per heavy atom. The first-order valence-corrected chi connectivity index (χ1v) is 7.38. The zero-order chi connectivity index (χ0) is 14.3. The Morgan fingerprint density at radius 3 is 2.70 bits per heavy atom. The Morgan fingerprint density at radius 1 is 1.10 bits per heavy atom. The van der Waals surface area contributed by atoms with Gasteiger partial charge in [-0.15, -0.1) is 11.3 Å². The van der Waals surface area contributed by atoms with Crippen molar-refractivity contribution in [1.29, 1.82) is 0 Å². The molecule has 20 heavy (non-hydrogen) atoms. The van der Waals surface area contributed by atoms with Crippen molar-refractivity contribution in [2.45, 2.75) is 19.9 Å². The SMILES string of the molecule is Cc1cccc(C(N)c2cc3ccc(F)cc3s2)c1C. The smallest absolute Gasteiger partial charge is 0.124 e. The van der Waals surface area contributed by atoms with Crippen LogP contribution in [-0.2, 0) is 0 Å². The molecule has 1 aromatic heterocycles. The maximum atomic E-state index is 13.3. The van der Waals surface area contributed by atoms with E-state index in [0.717, 1.165) is 20.5 Å². The molecule has 0 aliphatic carbocycles. The van der Waals surface area contributed by atoms with Crippen molar-refractivity contribution in [3.8, 4) is 0 Å². The predicted octanol–water partition coefficient (Wildman–Crippen LogP) is 4.71. The molecule has 0 spiro atoms. The number of benzene rings is 2. The molecule has 1 nitrogen and oxygen atoms in total.